The van der Waals surface area contributed by atoms with Crippen molar-refractivity contribution in [1.29, 1.82) is 0 Å². The molecule has 0 unspecified atom stereocenters. The third-order valence-electron chi connectivity index (χ3n) is 4.20. The number of benzene rings is 2. The molecule has 0 aliphatic rings. The van der Waals surface area contributed by atoms with Crippen LogP contribution in [-0.4, -0.2) is 22.6 Å². The number of amides is 1. The van der Waals surface area contributed by atoms with Crippen LogP contribution in [0.1, 0.15) is 42.6 Å². The van der Waals surface area contributed by atoms with Crippen LogP contribution in [0.4, 0.5) is 4.39 Å². The highest BCUT2D eigenvalue weighted by Gasteiger charge is 2.14. The van der Waals surface area contributed by atoms with Crippen LogP contribution < -0.4 is 5.32 Å². The van der Waals surface area contributed by atoms with Gasteiger partial charge in [-0.2, -0.15) is 0 Å². The first-order chi connectivity index (χ1) is 12.8. The lowest BCUT2D eigenvalue weighted by molar-refractivity contribution is 0.0953. The van der Waals surface area contributed by atoms with Gasteiger partial charge in [-0.15, -0.1) is 10.2 Å². The second-order valence-electron chi connectivity index (χ2n) is 7.34. The highest BCUT2D eigenvalue weighted by molar-refractivity contribution is 5.94. The number of carbonyl (C=O) groups excluding carboxylic acids is 1. The third kappa shape index (κ3) is 4.78. The van der Waals surface area contributed by atoms with Gasteiger partial charge >= 0.3 is 0 Å². The summed E-state index contributed by atoms with van der Waals surface area (Å²) in [6.45, 7) is 6.77. The summed E-state index contributed by atoms with van der Waals surface area (Å²) in [7, 11) is 0. The topological polar surface area (TPSA) is 68.0 Å². The van der Waals surface area contributed by atoms with Gasteiger partial charge in [-0.3, -0.25) is 4.79 Å². The Morgan fingerprint density at radius 1 is 1.04 bits per heavy atom. The quantitative estimate of drug-likeness (QED) is 0.736. The number of nitrogens with zero attached hydrogens (tertiary/aromatic N) is 2. The average molecular weight is 367 g/mol. The molecule has 0 radical (unpaired) electrons. The molecule has 0 fully saturated rings. The van der Waals surface area contributed by atoms with Gasteiger partial charge < -0.3 is 9.73 Å². The minimum absolute atomic E-state index is 0.0508. The fourth-order valence-electron chi connectivity index (χ4n) is 2.57. The molecule has 0 aliphatic carbocycles. The molecule has 2 aromatic carbocycles. The van der Waals surface area contributed by atoms with Gasteiger partial charge in [-0.1, -0.05) is 32.9 Å². The van der Waals surface area contributed by atoms with E-state index in [1.807, 2.05) is 24.3 Å². The van der Waals surface area contributed by atoms with E-state index in [-0.39, 0.29) is 17.1 Å². The normalized spacial score (nSPS) is 11.4. The summed E-state index contributed by atoms with van der Waals surface area (Å²) >= 11 is 0. The van der Waals surface area contributed by atoms with Gasteiger partial charge in [0.1, 0.15) is 5.82 Å². The lowest BCUT2D eigenvalue weighted by Crippen LogP contribution is -2.25. The molecule has 1 aromatic heterocycles. The van der Waals surface area contributed by atoms with Crippen LogP contribution in [0.3, 0.4) is 0 Å². The van der Waals surface area contributed by atoms with Crippen molar-refractivity contribution in [1.82, 2.24) is 15.5 Å². The Morgan fingerprint density at radius 2 is 1.70 bits per heavy atom. The Morgan fingerprint density at radius 3 is 2.33 bits per heavy atom. The standard InChI is InChI=1S/C21H22FN3O2/c1-21(2,3)16-8-4-14(5-9-16)19(26)23-13-12-18-24-25-20(27-18)15-6-10-17(22)11-7-15/h4-11H,12-13H2,1-3H3,(H,23,26). The summed E-state index contributed by atoms with van der Waals surface area (Å²) in [6, 6.07) is 13.4. The average Bonchev–Trinajstić information content (AvgIpc) is 3.10. The SMILES string of the molecule is CC(C)(C)c1ccc(C(=O)NCCc2nnc(-c3ccc(F)cc3)o2)cc1. The molecule has 3 rings (SSSR count). The van der Waals surface area contributed by atoms with Crippen LogP contribution in [0, 0.1) is 5.82 Å². The lowest BCUT2D eigenvalue weighted by Gasteiger charge is -2.19. The molecular weight excluding hydrogens is 345 g/mol. The highest BCUT2D eigenvalue weighted by Crippen LogP contribution is 2.22. The van der Waals surface area contributed by atoms with E-state index in [9.17, 15) is 9.18 Å². The van der Waals surface area contributed by atoms with Crippen LogP contribution in [0.25, 0.3) is 11.5 Å². The molecule has 0 saturated heterocycles. The number of hydrogen-bond donors (Lipinski definition) is 1. The number of aromatic nitrogens is 2. The Labute approximate surface area is 157 Å². The summed E-state index contributed by atoms with van der Waals surface area (Å²) < 4.78 is 18.5. The molecule has 140 valence electrons. The van der Waals surface area contributed by atoms with Crippen LogP contribution in [0.15, 0.2) is 52.9 Å². The lowest BCUT2D eigenvalue weighted by atomic mass is 9.87. The first-order valence-electron chi connectivity index (χ1n) is 8.80. The summed E-state index contributed by atoms with van der Waals surface area (Å²) in [4.78, 5) is 12.2. The van der Waals surface area contributed by atoms with Gasteiger partial charge in [0.2, 0.25) is 11.8 Å². The van der Waals surface area contributed by atoms with Crippen LogP contribution in [0.2, 0.25) is 0 Å². The zero-order valence-electron chi connectivity index (χ0n) is 15.6. The number of rotatable bonds is 5. The van der Waals surface area contributed by atoms with E-state index in [1.165, 1.54) is 17.7 Å². The van der Waals surface area contributed by atoms with Crippen molar-refractivity contribution in [2.75, 3.05) is 6.54 Å². The van der Waals surface area contributed by atoms with Crippen LogP contribution in [0.5, 0.6) is 0 Å². The number of halogens is 1. The van der Waals surface area contributed by atoms with Gasteiger partial charge in [0.15, 0.2) is 0 Å². The predicted molar refractivity (Wildman–Crippen MR) is 101 cm³/mol. The molecule has 1 N–H and O–H groups in total. The summed E-state index contributed by atoms with van der Waals surface area (Å²) in [5.41, 5.74) is 2.49. The van der Waals surface area contributed by atoms with Gasteiger partial charge in [0, 0.05) is 24.1 Å². The molecule has 0 bridgehead atoms. The van der Waals surface area contributed by atoms with Crippen LogP contribution in [-0.2, 0) is 11.8 Å². The minimum Gasteiger partial charge on any atom is -0.421 e. The molecule has 1 heterocycles. The third-order valence-corrected chi connectivity index (χ3v) is 4.20. The summed E-state index contributed by atoms with van der Waals surface area (Å²) in [5.74, 6) is 0.275. The largest absolute Gasteiger partial charge is 0.421 e. The molecule has 3 aromatic rings. The van der Waals surface area contributed by atoms with Gasteiger partial charge in [0.05, 0.1) is 0 Å². The van der Waals surface area contributed by atoms with Gasteiger partial charge in [-0.05, 0) is 47.4 Å². The molecular formula is C21H22FN3O2. The molecule has 0 aliphatic heterocycles. The highest BCUT2D eigenvalue weighted by atomic mass is 19.1. The van der Waals surface area contributed by atoms with E-state index in [0.29, 0.717) is 35.9 Å². The van der Waals surface area contributed by atoms with E-state index in [1.54, 1.807) is 12.1 Å². The van der Waals surface area contributed by atoms with Gasteiger partial charge in [-0.25, -0.2) is 4.39 Å². The van der Waals surface area contributed by atoms with Crippen molar-refractivity contribution in [3.05, 3.63) is 71.4 Å². The van der Waals surface area contributed by atoms with E-state index in [0.717, 1.165) is 0 Å². The second kappa shape index (κ2) is 7.70. The van der Waals surface area contributed by atoms with Crippen molar-refractivity contribution >= 4 is 5.91 Å². The Kier molecular flexibility index (Phi) is 5.35. The number of hydrogen-bond acceptors (Lipinski definition) is 4. The van der Waals surface area contributed by atoms with Crippen LogP contribution >= 0.6 is 0 Å². The Bertz CT molecular complexity index is 910. The molecule has 0 spiro atoms. The predicted octanol–water partition coefficient (Wildman–Crippen LogP) is 4.15. The summed E-state index contributed by atoms with van der Waals surface area (Å²) in [5, 5.41) is 10.8. The number of nitrogens with one attached hydrogen (secondary N) is 1. The minimum atomic E-state index is -0.322. The van der Waals surface area contributed by atoms with E-state index in [2.05, 4.69) is 36.3 Å². The van der Waals surface area contributed by atoms with Crippen molar-refractivity contribution in [3.63, 3.8) is 0 Å². The van der Waals surface area contributed by atoms with Gasteiger partial charge in [0.25, 0.3) is 5.91 Å². The maximum Gasteiger partial charge on any atom is 0.251 e. The monoisotopic (exact) mass is 367 g/mol. The molecule has 0 atom stereocenters. The zero-order chi connectivity index (χ0) is 19.4. The molecule has 6 heteroatoms. The van der Waals surface area contributed by atoms with Crippen molar-refractivity contribution in [2.45, 2.75) is 32.6 Å². The summed E-state index contributed by atoms with van der Waals surface area (Å²) in [6.07, 6.45) is 0.417. The van der Waals surface area contributed by atoms with E-state index >= 15 is 0 Å². The van der Waals surface area contributed by atoms with E-state index < -0.39 is 0 Å². The zero-order valence-corrected chi connectivity index (χ0v) is 15.6. The molecule has 1 amide bonds. The van der Waals surface area contributed by atoms with Crippen molar-refractivity contribution < 1.29 is 13.6 Å². The Balaban J connectivity index is 1.54. The number of carbonyl (C=O) groups is 1. The molecule has 5 nitrogen and oxygen atoms in total. The second-order valence-corrected chi connectivity index (χ2v) is 7.34. The first-order valence-corrected chi connectivity index (χ1v) is 8.80. The van der Waals surface area contributed by atoms with E-state index in [4.69, 9.17) is 4.42 Å². The maximum atomic E-state index is 13.0. The van der Waals surface area contributed by atoms with Crippen molar-refractivity contribution in [3.8, 4) is 11.5 Å². The fourth-order valence-corrected chi connectivity index (χ4v) is 2.57. The fraction of sp³-hybridized carbons (Fsp3) is 0.286. The Hall–Kier alpha value is -3.02. The smallest absolute Gasteiger partial charge is 0.251 e. The molecule has 0 saturated carbocycles. The maximum absolute atomic E-state index is 13.0. The van der Waals surface area contributed by atoms with Crippen molar-refractivity contribution in [2.24, 2.45) is 0 Å². The molecule has 27 heavy (non-hydrogen) atoms. The first kappa shape index (κ1) is 18.8.